The lowest BCUT2D eigenvalue weighted by Crippen LogP contribution is -2.44. The van der Waals surface area contributed by atoms with Crippen molar-refractivity contribution in [3.05, 3.63) is 56.9 Å². The third-order valence-electron chi connectivity index (χ3n) is 4.41. The molecule has 2 amide bonds. The molecule has 0 atom stereocenters. The highest BCUT2D eigenvalue weighted by Crippen LogP contribution is 2.34. The van der Waals surface area contributed by atoms with Crippen molar-refractivity contribution in [3.63, 3.8) is 0 Å². The zero-order valence-electron chi connectivity index (χ0n) is 18.3. The van der Waals surface area contributed by atoms with Gasteiger partial charge < -0.3 is 26.0 Å². The number of benzene rings is 1. The molecule has 1 heterocycles. The normalized spacial score (nSPS) is 11.7. The first kappa shape index (κ1) is 26.2. The average Bonchev–Trinajstić information content (AvgIpc) is 2.67. The number of hydrogen-bond acceptors (Lipinski definition) is 6. The molecule has 2 aromatic rings. The molecular formula is C21H22F3N3O7. The molecule has 0 bridgehead atoms. The smallest absolute Gasteiger partial charge is 0.416 e. The Hall–Kier alpha value is -4.03. The SMILES string of the molecule is CC(C)(C)NC(=O)c1c(O)c(C(=O)NCC(=O)O)c(O)n(Cc2ccccc2C(F)(F)F)c1=O. The molecule has 2 rings (SSSR count). The Bertz CT molecular complexity index is 1200. The van der Waals surface area contributed by atoms with Crippen molar-refractivity contribution < 1.29 is 42.9 Å². The maximum Gasteiger partial charge on any atom is 0.416 e. The number of nitrogens with zero attached hydrogens (tertiary/aromatic N) is 1. The third-order valence-corrected chi connectivity index (χ3v) is 4.41. The van der Waals surface area contributed by atoms with Crippen LogP contribution in [-0.2, 0) is 17.5 Å². The number of aliphatic carboxylic acids is 1. The molecule has 13 heteroatoms. The van der Waals surface area contributed by atoms with E-state index < -0.39 is 82.0 Å². The highest BCUT2D eigenvalue weighted by Gasteiger charge is 2.35. The van der Waals surface area contributed by atoms with E-state index in [1.54, 1.807) is 20.8 Å². The van der Waals surface area contributed by atoms with Crippen LogP contribution in [0.2, 0.25) is 0 Å². The van der Waals surface area contributed by atoms with Gasteiger partial charge in [0, 0.05) is 5.54 Å². The van der Waals surface area contributed by atoms with Crippen LogP contribution in [0.3, 0.4) is 0 Å². The van der Waals surface area contributed by atoms with Gasteiger partial charge in [-0.2, -0.15) is 13.2 Å². The lowest BCUT2D eigenvalue weighted by atomic mass is 10.0. The molecule has 0 aliphatic rings. The van der Waals surface area contributed by atoms with E-state index in [-0.39, 0.29) is 0 Å². The van der Waals surface area contributed by atoms with Crippen molar-refractivity contribution in [3.8, 4) is 11.6 Å². The van der Waals surface area contributed by atoms with E-state index >= 15 is 0 Å². The summed E-state index contributed by atoms with van der Waals surface area (Å²) in [5.41, 5.74) is -5.97. The van der Waals surface area contributed by atoms with Gasteiger partial charge in [0.2, 0.25) is 5.88 Å². The van der Waals surface area contributed by atoms with Crippen LogP contribution >= 0.6 is 0 Å². The van der Waals surface area contributed by atoms with Crippen molar-refractivity contribution in [2.24, 2.45) is 0 Å². The summed E-state index contributed by atoms with van der Waals surface area (Å²) >= 11 is 0. The molecule has 34 heavy (non-hydrogen) atoms. The van der Waals surface area contributed by atoms with Crippen LogP contribution < -0.4 is 16.2 Å². The van der Waals surface area contributed by atoms with Crippen molar-refractivity contribution in [2.45, 2.75) is 39.0 Å². The summed E-state index contributed by atoms with van der Waals surface area (Å²) in [4.78, 5) is 49.0. The maximum absolute atomic E-state index is 13.4. The fraction of sp³-hybridized carbons (Fsp3) is 0.333. The zero-order valence-corrected chi connectivity index (χ0v) is 18.3. The molecule has 0 unspecified atom stereocenters. The van der Waals surface area contributed by atoms with Crippen LogP contribution in [0.25, 0.3) is 0 Å². The Morgan fingerprint density at radius 1 is 1.00 bits per heavy atom. The van der Waals surface area contributed by atoms with Crippen LogP contribution in [0.5, 0.6) is 11.6 Å². The summed E-state index contributed by atoms with van der Waals surface area (Å²) in [6.45, 7) is 2.76. The van der Waals surface area contributed by atoms with Gasteiger partial charge in [0.05, 0.1) is 12.1 Å². The van der Waals surface area contributed by atoms with E-state index in [4.69, 9.17) is 5.11 Å². The van der Waals surface area contributed by atoms with Gasteiger partial charge in [-0.15, -0.1) is 0 Å². The molecule has 0 aliphatic heterocycles. The van der Waals surface area contributed by atoms with Gasteiger partial charge >= 0.3 is 12.1 Å². The highest BCUT2D eigenvalue weighted by molar-refractivity contribution is 6.05. The highest BCUT2D eigenvalue weighted by atomic mass is 19.4. The van der Waals surface area contributed by atoms with E-state index in [2.05, 4.69) is 5.32 Å². The van der Waals surface area contributed by atoms with Crippen molar-refractivity contribution in [1.82, 2.24) is 15.2 Å². The summed E-state index contributed by atoms with van der Waals surface area (Å²) in [7, 11) is 0. The van der Waals surface area contributed by atoms with Gasteiger partial charge in [-0.05, 0) is 32.4 Å². The number of hydrogen-bond donors (Lipinski definition) is 5. The second kappa shape index (κ2) is 9.45. The second-order valence-corrected chi connectivity index (χ2v) is 8.25. The van der Waals surface area contributed by atoms with E-state index in [9.17, 15) is 42.6 Å². The first-order valence-corrected chi connectivity index (χ1v) is 9.71. The van der Waals surface area contributed by atoms with E-state index in [1.165, 1.54) is 6.07 Å². The van der Waals surface area contributed by atoms with Gasteiger partial charge in [-0.1, -0.05) is 18.2 Å². The molecule has 0 fully saturated rings. The minimum Gasteiger partial charge on any atom is -0.506 e. The molecule has 0 saturated carbocycles. The van der Waals surface area contributed by atoms with Gasteiger partial charge in [-0.3, -0.25) is 23.7 Å². The molecule has 0 spiro atoms. The number of rotatable bonds is 6. The Morgan fingerprint density at radius 2 is 1.59 bits per heavy atom. The summed E-state index contributed by atoms with van der Waals surface area (Å²) in [5, 5.41) is 34.1. The number of aromatic hydroxyl groups is 2. The molecule has 184 valence electrons. The Balaban J connectivity index is 2.78. The topological polar surface area (TPSA) is 158 Å². The predicted molar refractivity (Wildman–Crippen MR) is 112 cm³/mol. The summed E-state index contributed by atoms with van der Waals surface area (Å²) in [6.07, 6.45) is -4.82. The van der Waals surface area contributed by atoms with Crippen molar-refractivity contribution in [1.29, 1.82) is 0 Å². The molecule has 10 nitrogen and oxygen atoms in total. The van der Waals surface area contributed by atoms with Crippen molar-refractivity contribution >= 4 is 17.8 Å². The van der Waals surface area contributed by atoms with E-state index in [0.717, 1.165) is 18.2 Å². The van der Waals surface area contributed by atoms with Crippen LogP contribution in [0.1, 0.15) is 52.6 Å². The van der Waals surface area contributed by atoms with Gasteiger partial charge in [0.25, 0.3) is 17.4 Å². The number of carboxylic acids is 1. The fourth-order valence-electron chi connectivity index (χ4n) is 3.01. The second-order valence-electron chi connectivity index (χ2n) is 8.25. The number of amides is 2. The van der Waals surface area contributed by atoms with Crippen LogP contribution in [0.4, 0.5) is 13.2 Å². The number of carbonyl (C=O) groups is 3. The number of aromatic nitrogens is 1. The Labute approximate surface area is 190 Å². The summed E-state index contributed by atoms with van der Waals surface area (Å²) in [5.74, 6) is -6.53. The first-order chi connectivity index (χ1) is 15.5. The molecular weight excluding hydrogens is 463 g/mol. The lowest BCUT2D eigenvalue weighted by molar-refractivity contribution is -0.138. The largest absolute Gasteiger partial charge is 0.506 e. The molecule has 1 aromatic carbocycles. The number of carbonyl (C=O) groups excluding carboxylic acids is 2. The summed E-state index contributed by atoms with van der Waals surface area (Å²) < 4.78 is 40.6. The number of carboxylic acid groups (broad SMARTS) is 1. The number of nitrogens with one attached hydrogen (secondary N) is 2. The summed E-state index contributed by atoms with van der Waals surface area (Å²) in [6, 6.07) is 4.13. The van der Waals surface area contributed by atoms with Crippen LogP contribution in [0.15, 0.2) is 29.1 Å². The van der Waals surface area contributed by atoms with Crippen LogP contribution in [0, 0.1) is 0 Å². The maximum atomic E-state index is 13.4. The molecule has 0 saturated heterocycles. The fourth-order valence-corrected chi connectivity index (χ4v) is 3.01. The molecule has 1 aromatic heterocycles. The standard InChI is InChI=1S/C21H22F3N3O7/c1-20(2,3)26-17(32)14-15(30)13(16(31)25-8-12(28)29)18(33)27(19(14)34)9-10-6-4-5-7-11(10)21(22,23)24/h4-7,30,33H,8-9H2,1-3H3,(H,25,31)(H,26,32)(H,28,29). The minimum absolute atomic E-state index is 0.317. The average molecular weight is 485 g/mol. The van der Waals surface area contributed by atoms with E-state index in [0.29, 0.717) is 4.57 Å². The van der Waals surface area contributed by atoms with Gasteiger partial charge in [-0.25, -0.2) is 0 Å². The van der Waals surface area contributed by atoms with Crippen LogP contribution in [-0.4, -0.2) is 49.8 Å². The Kier molecular flexibility index (Phi) is 7.29. The monoisotopic (exact) mass is 485 g/mol. The Morgan fingerprint density at radius 3 is 2.12 bits per heavy atom. The van der Waals surface area contributed by atoms with Gasteiger partial charge in [0.1, 0.15) is 17.7 Å². The van der Waals surface area contributed by atoms with Gasteiger partial charge in [0.15, 0.2) is 5.75 Å². The molecule has 0 radical (unpaired) electrons. The number of alkyl halides is 3. The number of pyridine rings is 1. The quantitative estimate of drug-likeness (QED) is 0.416. The molecule has 5 N–H and O–H groups in total. The predicted octanol–water partition coefficient (Wildman–Crippen LogP) is 1.67. The van der Waals surface area contributed by atoms with E-state index in [1.807, 2.05) is 5.32 Å². The van der Waals surface area contributed by atoms with Crippen molar-refractivity contribution in [2.75, 3.05) is 6.54 Å². The lowest BCUT2D eigenvalue weighted by Gasteiger charge is -2.22. The first-order valence-electron chi connectivity index (χ1n) is 9.71. The zero-order chi connectivity index (χ0) is 26.0. The minimum atomic E-state index is -4.82. The number of halogens is 3. The molecule has 0 aliphatic carbocycles. The third kappa shape index (κ3) is 5.85.